The minimum absolute atomic E-state index is 0.0535. The highest BCUT2D eigenvalue weighted by atomic mass is 19.1. The molecular weight excluding hydrogens is 351 g/mol. The van der Waals surface area contributed by atoms with Crippen molar-refractivity contribution in [1.82, 2.24) is 0 Å². The summed E-state index contributed by atoms with van der Waals surface area (Å²) >= 11 is 0. The number of hydrogen-bond acceptors (Lipinski definition) is 5. The summed E-state index contributed by atoms with van der Waals surface area (Å²) in [7, 11) is 4.63. The maximum Gasteiger partial charge on any atom is 0.331 e. The lowest BCUT2D eigenvalue weighted by Gasteiger charge is -2.12. The Balaban J connectivity index is 1.97. The number of carbonyl (C=O) groups is 1. The van der Waals surface area contributed by atoms with Crippen molar-refractivity contribution >= 4 is 18.1 Å². The van der Waals surface area contributed by atoms with Crippen LogP contribution in [0.1, 0.15) is 11.1 Å². The maximum atomic E-state index is 13.5. The molecule has 0 aromatic heterocycles. The molecule has 0 fully saturated rings. The van der Waals surface area contributed by atoms with E-state index in [4.69, 9.17) is 18.9 Å². The summed E-state index contributed by atoms with van der Waals surface area (Å²) in [4.78, 5) is 11.7. The van der Waals surface area contributed by atoms with Crippen LogP contribution in [0.15, 0.2) is 48.6 Å². The number of esters is 1. The van der Waals surface area contributed by atoms with Crippen LogP contribution in [0, 0.1) is 5.82 Å². The lowest BCUT2D eigenvalue weighted by atomic mass is 10.1. The van der Waals surface area contributed by atoms with Gasteiger partial charge in [-0.15, -0.1) is 0 Å². The molecule has 2 rings (SSSR count). The van der Waals surface area contributed by atoms with E-state index in [2.05, 4.69) is 0 Å². The summed E-state index contributed by atoms with van der Waals surface area (Å²) in [6, 6.07) is 9.63. The Labute approximate surface area is 157 Å². The van der Waals surface area contributed by atoms with Crippen LogP contribution in [0.25, 0.3) is 12.2 Å². The van der Waals surface area contributed by atoms with Gasteiger partial charge in [0, 0.05) is 23.3 Å². The van der Waals surface area contributed by atoms with Crippen molar-refractivity contribution in [2.45, 2.75) is 0 Å². The fraction of sp³-hybridized carbons (Fsp3) is 0.190. The highest BCUT2D eigenvalue weighted by Crippen LogP contribution is 2.35. The largest absolute Gasteiger partial charge is 0.496 e. The predicted molar refractivity (Wildman–Crippen MR) is 102 cm³/mol. The summed E-state index contributed by atoms with van der Waals surface area (Å²) in [6.07, 6.45) is 5.97. The van der Waals surface area contributed by atoms with Crippen LogP contribution in [0.5, 0.6) is 17.2 Å². The Kier molecular flexibility index (Phi) is 7.43. The van der Waals surface area contributed by atoms with Crippen molar-refractivity contribution < 1.29 is 28.1 Å². The average Bonchev–Trinajstić information content (AvgIpc) is 2.69. The molecule has 0 saturated carbocycles. The predicted octanol–water partition coefficient (Wildman–Crippen LogP) is 4.12. The molecule has 0 unspecified atom stereocenters. The number of hydrogen-bond donors (Lipinski definition) is 0. The van der Waals surface area contributed by atoms with Crippen molar-refractivity contribution in [1.29, 1.82) is 0 Å². The number of benzene rings is 2. The number of halogens is 1. The molecule has 0 N–H and O–H groups in total. The summed E-state index contributed by atoms with van der Waals surface area (Å²) in [6.45, 7) is 0.0535. The van der Waals surface area contributed by atoms with Crippen molar-refractivity contribution in [2.75, 3.05) is 27.9 Å². The molecule has 0 bridgehead atoms. The molecule has 0 aliphatic heterocycles. The SMILES string of the molecule is COc1cc(OC)c(OC)cc1/C=C/COC(=O)/C=C/c1ccccc1F. The Morgan fingerprint density at radius 2 is 1.59 bits per heavy atom. The Morgan fingerprint density at radius 3 is 2.26 bits per heavy atom. The standard InChI is InChI=1S/C21H21FO5/c1-24-18-14-20(26-3)19(25-2)13-16(18)8-6-12-27-21(23)11-10-15-7-4-5-9-17(15)22/h4-11,13-14H,12H2,1-3H3/b8-6+,11-10+. The van der Waals surface area contributed by atoms with Gasteiger partial charge in [0.05, 0.1) is 21.3 Å². The third kappa shape index (κ3) is 5.60. The maximum absolute atomic E-state index is 13.5. The van der Waals surface area contributed by atoms with Crippen LogP contribution in [0.3, 0.4) is 0 Å². The Morgan fingerprint density at radius 1 is 0.926 bits per heavy atom. The summed E-state index contributed by atoms with van der Waals surface area (Å²) in [5, 5.41) is 0. The van der Waals surface area contributed by atoms with Crippen molar-refractivity contribution in [3.05, 3.63) is 65.5 Å². The van der Waals surface area contributed by atoms with E-state index in [9.17, 15) is 9.18 Å². The van der Waals surface area contributed by atoms with Crippen LogP contribution < -0.4 is 14.2 Å². The van der Waals surface area contributed by atoms with Gasteiger partial charge in [0.15, 0.2) is 11.5 Å². The quantitative estimate of drug-likeness (QED) is 0.515. The molecule has 0 amide bonds. The van der Waals surface area contributed by atoms with Gasteiger partial charge in [0.25, 0.3) is 0 Å². The molecule has 0 radical (unpaired) electrons. The molecule has 2 aromatic rings. The highest BCUT2D eigenvalue weighted by Gasteiger charge is 2.09. The summed E-state index contributed by atoms with van der Waals surface area (Å²) in [5.41, 5.74) is 1.06. The smallest absolute Gasteiger partial charge is 0.331 e. The molecule has 27 heavy (non-hydrogen) atoms. The fourth-order valence-corrected chi connectivity index (χ4v) is 2.30. The number of ether oxygens (including phenoxy) is 4. The summed E-state index contributed by atoms with van der Waals surface area (Å²) < 4.78 is 34.4. The van der Waals surface area contributed by atoms with E-state index in [1.165, 1.54) is 18.2 Å². The molecule has 0 saturated heterocycles. The lowest BCUT2D eigenvalue weighted by Crippen LogP contribution is -2.00. The van der Waals surface area contributed by atoms with Crippen molar-refractivity contribution in [2.24, 2.45) is 0 Å². The van der Waals surface area contributed by atoms with Gasteiger partial charge >= 0.3 is 5.97 Å². The van der Waals surface area contributed by atoms with Gasteiger partial charge in [0.1, 0.15) is 18.2 Å². The zero-order valence-electron chi connectivity index (χ0n) is 15.4. The first-order valence-electron chi connectivity index (χ1n) is 8.15. The van der Waals surface area contributed by atoms with Crippen molar-refractivity contribution in [3.63, 3.8) is 0 Å². The zero-order valence-corrected chi connectivity index (χ0v) is 15.4. The van der Waals surface area contributed by atoms with E-state index < -0.39 is 11.8 Å². The van der Waals surface area contributed by atoms with Gasteiger partial charge in [-0.05, 0) is 24.3 Å². The van der Waals surface area contributed by atoms with Crippen LogP contribution in [-0.4, -0.2) is 33.9 Å². The molecular formula is C21H21FO5. The molecule has 142 valence electrons. The van der Waals surface area contributed by atoms with Crippen LogP contribution >= 0.6 is 0 Å². The third-order valence-electron chi connectivity index (χ3n) is 3.66. The molecule has 0 spiro atoms. The van der Waals surface area contributed by atoms with Crippen LogP contribution in [-0.2, 0) is 9.53 Å². The highest BCUT2D eigenvalue weighted by molar-refractivity contribution is 5.87. The molecule has 5 nitrogen and oxygen atoms in total. The van der Waals surface area contributed by atoms with E-state index in [-0.39, 0.29) is 6.61 Å². The first-order chi connectivity index (χ1) is 13.1. The number of rotatable bonds is 8. The second-order valence-corrected chi connectivity index (χ2v) is 5.34. The monoisotopic (exact) mass is 372 g/mol. The van der Waals surface area contributed by atoms with Crippen LogP contribution in [0.2, 0.25) is 0 Å². The van der Waals surface area contributed by atoms with E-state index in [0.717, 1.165) is 5.56 Å². The second kappa shape index (κ2) is 10.0. The number of carbonyl (C=O) groups excluding carboxylic acids is 1. The van der Waals surface area contributed by atoms with E-state index >= 15 is 0 Å². The van der Waals surface area contributed by atoms with Gasteiger partial charge in [0.2, 0.25) is 0 Å². The van der Waals surface area contributed by atoms with Gasteiger partial charge in [-0.25, -0.2) is 9.18 Å². The fourth-order valence-electron chi connectivity index (χ4n) is 2.30. The lowest BCUT2D eigenvalue weighted by molar-refractivity contribution is -0.136. The topological polar surface area (TPSA) is 54.0 Å². The molecule has 2 aromatic carbocycles. The molecule has 6 heteroatoms. The van der Waals surface area contributed by atoms with Gasteiger partial charge < -0.3 is 18.9 Å². The third-order valence-corrected chi connectivity index (χ3v) is 3.66. The van der Waals surface area contributed by atoms with Gasteiger partial charge in [-0.2, -0.15) is 0 Å². The molecule has 0 aliphatic carbocycles. The van der Waals surface area contributed by atoms with Crippen molar-refractivity contribution in [3.8, 4) is 17.2 Å². The van der Waals surface area contributed by atoms with Gasteiger partial charge in [-0.3, -0.25) is 0 Å². The minimum Gasteiger partial charge on any atom is -0.496 e. The van der Waals surface area contributed by atoms with Gasteiger partial charge in [-0.1, -0.05) is 24.3 Å². The van der Waals surface area contributed by atoms with E-state index in [1.54, 1.807) is 63.8 Å². The normalized spacial score (nSPS) is 11.0. The first kappa shape index (κ1) is 20.0. The van der Waals surface area contributed by atoms with E-state index in [1.807, 2.05) is 0 Å². The Bertz CT molecular complexity index is 842. The first-order valence-corrected chi connectivity index (χ1v) is 8.15. The number of methoxy groups -OCH3 is 3. The second-order valence-electron chi connectivity index (χ2n) is 5.34. The molecule has 0 aliphatic rings. The van der Waals surface area contributed by atoms with E-state index in [0.29, 0.717) is 22.8 Å². The molecule has 0 heterocycles. The minimum atomic E-state index is -0.567. The molecule has 0 atom stereocenters. The van der Waals surface area contributed by atoms with Crippen LogP contribution in [0.4, 0.5) is 4.39 Å². The zero-order chi connectivity index (χ0) is 19.6. The Hall–Kier alpha value is -3.28. The average molecular weight is 372 g/mol. The summed E-state index contributed by atoms with van der Waals surface area (Å²) in [5.74, 6) is 0.734.